The summed E-state index contributed by atoms with van der Waals surface area (Å²) in [4.78, 5) is 45.1. The van der Waals surface area contributed by atoms with Crippen LogP contribution in [0.5, 0.6) is 0 Å². The summed E-state index contributed by atoms with van der Waals surface area (Å²) in [7, 11) is 0. The summed E-state index contributed by atoms with van der Waals surface area (Å²) >= 11 is 3.12. The van der Waals surface area contributed by atoms with Crippen LogP contribution in [-0.4, -0.2) is 26.1 Å². The van der Waals surface area contributed by atoms with E-state index in [1.807, 2.05) is 46.8 Å². The van der Waals surface area contributed by atoms with Crippen molar-refractivity contribution in [1.29, 1.82) is 0 Å². The van der Waals surface area contributed by atoms with Gasteiger partial charge in [-0.05, 0) is 61.7 Å². The number of halogens is 1. The van der Waals surface area contributed by atoms with E-state index in [0.29, 0.717) is 12.0 Å². The van der Waals surface area contributed by atoms with Crippen LogP contribution in [0.2, 0.25) is 0 Å². The highest BCUT2D eigenvalue weighted by atomic mass is 79.9. The Labute approximate surface area is 165 Å². The number of hydrogen-bond donors (Lipinski definition) is 1. The van der Waals surface area contributed by atoms with Gasteiger partial charge >= 0.3 is 5.69 Å². The minimum atomic E-state index is -0.698. The highest BCUT2D eigenvalue weighted by Gasteiger charge is 2.45. The van der Waals surface area contributed by atoms with E-state index >= 15 is 0 Å². The number of rotatable bonds is 2. The van der Waals surface area contributed by atoms with Crippen molar-refractivity contribution in [2.24, 2.45) is 0 Å². The van der Waals surface area contributed by atoms with E-state index in [0.717, 1.165) is 16.7 Å². The summed E-state index contributed by atoms with van der Waals surface area (Å²) in [5.41, 5.74) is 1.73. The molecule has 2 heterocycles. The van der Waals surface area contributed by atoms with Crippen LogP contribution in [0.3, 0.4) is 0 Å². The molecule has 1 N–H and O–H groups in total. The fourth-order valence-electron chi connectivity index (χ4n) is 3.58. The normalized spacial score (nSPS) is 18.7. The molecule has 8 heteroatoms. The minimum absolute atomic E-state index is 0.221. The Balaban J connectivity index is 1.99. The topological polar surface area (TPSA) is 84.4 Å². The van der Waals surface area contributed by atoms with Crippen LogP contribution in [0.4, 0.5) is 0 Å². The van der Waals surface area contributed by atoms with Crippen LogP contribution in [0.1, 0.15) is 53.5 Å². The van der Waals surface area contributed by atoms with Gasteiger partial charge in [0.25, 0.3) is 11.5 Å². The van der Waals surface area contributed by atoms with E-state index in [-0.39, 0.29) is 10.4 Å². The highest BCUT2D eigenvalue weighted by molar-refractivity contribution is 9.10. The summed E-state index contributed by atoms with van der Waals surface area (Å²) in [6.45, 7) is 9.56. The van der Waals surface area contributed by atoms with Gasteiger partial charge in [-0.2, -0.15) is 0 Å². The third kappa shape index (κ3) is 3.51. The summed E-state index contributed by atoms with van der Waals surface area (Å²) < 4.78 is 1.51. The number of hydroxylamine groups is 2. The van der Waals surface area contributed by atoms with Crippen molar-refractivity contribution in [2.75, 3.05) is 0 Å². The fourth-order valence-corrected chi connectivity index (χ4v) is 3.90. The molecule has 1 unspecified atom stereocenters. The van der Waals surface area contributed by atoms with Gasteiger partial charge in [0, 0.05) is 18.2 Å². The average Bonchev–Trinajstić information content (AvgIpc) is 2.85. The Kier molecular flexibility index (Phi) is 4.90. The standard InChI is InChI=1S/C19H22BrN3O4/c1-10-6-11(2)15(12(3)7-10)17(25)23-19(4,5)8-14(27-23)22-9-13(20)16(24)21-18(22)26/h6-7,9,14H,8H2,1-5H3,(H,21,24,26). The lowest BCUT2D eigenvalue weighted by atomic mass is 9.96. The van der Waals surface area contributed by atoms with Gasteiger partial charge in [-0.1, -0.05) is 17.7 Å². The van der Waals surface area contributed by atoms with Crippen LogP contribution in [0, 0.1) is 20.8 Å². The molecule has 1 aliphatic heterocycles. The number of aromatic amines is 1. The number of aromatic nitrogens is 2. The molecule has 0 spiro atoms. The van der Waals surface area contributed by atoms with E-state index in [4.69, 9.17) is 4.84 Å². The van der Waals surface area contributed by atoms with E-state index in [1.165, 1.54) is 15.8 Å². The van der Waals surface area contributed by atoms with E-state index in [9.17, 15) is 14.4 Å². The molecule has 27 heavy (non-hydrogen) atoms. The van der Waals surface area contributed by atoms with Crippen LogP contribution in [0.25, 0.3) is 0 Å². The summed E-state index contributed by atoms with van der Waals surface area (Å²) in [6.07, 6.45) is 1.09. The van der Waals surface area contributed by atoms with Gasteiger partial charge in [0.05, 0.1) is 10.0 Å². The van der Waals surface area contributed by atoms with Gasteiger partial charge in [0.2, 0.25) is 0 Å². The molecule has 1 aromatic heterocycles. The fraction of sp³-hybridized carbons (Fsp3) is 0.421. The first-order valence-corrected chi connectivity index (χ1v) is 9.41. The maximum Gasteiger partial charge on any atom is 0.330 e. The van der Waals surface area contributed by atoms with Crippen LogP contribution < -0.4 is 11.2 Å². The minimum Gasteiger partial charge on any atom is -0.273 e. The Bertz CT molecular complexity index is 1010. The van der Waals surface area contributed by atoms with Gasteiger partial charge in [0.1, 0.15) is 0 Å². The second-order valence-electron chi connectivity index (χ2n) is 7.59. The Morgan fingerprint density at radius 3 is 2.41 bits per heavy atom. The Morgan fingerprint density at radius 1 is 1.22 bits per heavy atom. The molecular formula is C19H22BrN3O4. The lowest BCUT2D eigenvalue weighted by molar-refractivity contribution is -0.163. The van der Waals surface area contributed by atoms with Crippen LogP contribution >= 0.6 is 15.9 Å². The molecule has 0 radical (unpaired) electrons. The number of aryl methyl sites for hydroxylation is 3. The number of nitrogens with one attached hydrogen (secondary N) is 1. The molecule has 3 rings (SSSR count). The molecule has 1 saturated heterocycles. The van der Waals surface area contributed by atoms with Gasteiger partial charge in [-0.3, -0.25) is 19.1 Å². The second-order valence-corrected chi connectivity index (χ2v) is 8.45. The van der Waals surface area contributed by atoms with Crippen LogP contribution in [0.15, 0.2) is 32.4 Å². The van der Waals surface area contributed by atoms with E-state index in [1.54, 1.807) is 0 Å². The molecule has 0 bridgehead atoms. The summed E-state index contributed by atoms with van der Waals surface area (Å²) in [6, 6.07) is 3.93. The SMILES string of the molecule is Cc1cc(C)c(C(=O)N2OC(n3cc(Br)c(=O)[nH]c3=O)CC2(C)C)c(C)c1. The molecule has 144 valence electrons. The Morgan fingerprint density at radius 2 is 1.81 bits per heavy atom. The number of carbonyl (C=O) groups excluding carboxylic acids is 1. The predicted molar refractivity (Wildman–Crippen MR) is 105 cm³/mol. The summed E-state index contributed by atoms with van der Waals surface area (Å²) in [5, 5.41) is 1.34. The van der Waals surface area contributed by atoms with Gasteiger partial charge in [0.15, 0.2) is 6.23 Å². The first-order chi connectivity index (χ1) is 12.5. The van der Waals surface area contributed by atoms with Gasteiger partial charge in [-0.15, -0.1) is 0 Å². The van der Waals surface area contributed by atoms with Crippen molar-refractivity contribution in [2.45, 2.75) is 52.8 Å². The van der Waals surface area contributed by atoms with Crippen molar-refractivity contribution in [1.82, 2.24) is 14.6 Å². The molecular weight excluding hydrogens is 414 g/mol. The summed E-state index contributed by atoms with van der Waals surface area (Å²) in [5.74, 6) is -0.242. The molecule has 0 saturated carbocycles. The lowest BCUT2D eigenvalue weighted by Crippen LogP contribution is -2.42. The number of benzene rings is 1. The molecule has 1 amide bonds. The predicted octanol–water partition coefficient (Wildman–Crippen LogP) is 2.98. The molecule has 1 aliphatic rings. The first-order valence-electron chi connectivity index (χ1n) is 8.61. The first kappa shape index (κ1) is 19.6. The number of hydrogen-bond acceptors (Lipinski definition) is 4. The number of amides is 1. The maximum absolute atomic E-state index is 13.2. The van der Waals surface area contributed by atoms with Crippen molar-refractivity contribution >= 4 is 21.8 Å². The van der Waals surface area contributed by atoms with Gasteiger partial charge < -0.3 is 0 Å². The third-order valence-corrected chi connectivity index (χ3v) is 5.33. The molecule has 2 aromatic rings. The highest BCUT2D eigenvalue weighted by Crippen LogP contribution is 2.38. The van der Waals surface area contributed by atoms with Crippen LogP contribution in [-0.2, 0) is 4.84 Å². The monoisotopic (exact) mass is 435 g/mol. The van der Waals surface area contributed by atoms with Crippen molar-refractivity contribution in [3.05, 3.63) is 65.9 Å². The molecule has 1 aromatic carbocycles. The molecule has 1 fully saturated rings. The van der Waals surface area contributed by atoms with Crippen molar-refractivity contribution in [3.63, 3.8) is 0 Å². The van der Waals surface area contributed by atoms with E-state index in [2.05, 4.69) is 20.9 Å². The van der Waals surface area contributed by atoms with Crippen molar-refractivity contribution < 1.29 is 9.63 Å². The molecule has 1 atom stereocenters. The lowest BCUT2D eigenvalue weighted by Gasteiger charge is -2.29. The van der Waals surface area contributed by atoms with Crippen molar-refractivity contribution in [3.8, 4) is 0 Å². The number of nitrogens with zero attached hydrogens (tertiary/aromatic N) is 2. The smallest absolute Gasteiger partial charge is 0.273 e. The molecule has 0 aliphatic carbocycles. The molecule has 7 nitrogen and oxygen atoms in total. The van der Waals surface area contributed by atoms with E-state index < -0.39 is 23.0 Å². The maximum atomic E-state index is 13.2. The quantitative estimate of drug-likeness (QED) is 0.785. The Hall–Kier alpha value is -2.19. The number of carbonyl (C=O) groups is 1. The zero-order chi connectivity index (χ0) is 20.1. The zero-order valence-corrected chi connectivity index (χ0v) is 17.5. The zero-order valence-electron chi connectivity index (χ0n) is 15.9. The second kappa shape index (κ2) is 6.76. The average molecular weight is 436 g/mol. The third-order valence-electron chi connectivity index (χ3n) is 4.76. The number of H-pyrrole nitrogens is 1. The van der Waals surface area contributed by atoms with Gasteiger partial charge in [-0.25, -0.2) is 14.7 Å². The largest absolute Gasteiger partial charge is 0.330 e.